The van der Waals surface area contributed by atoms with E-state index in [1.165, 1.54) is 43.6 Å². The van der Waals surface area contributed by atoms with Gasteiger partial charge in [0.05, 0.1) is 18.4 Å². The molecule has 0 radical (unpaired) electrons. The number of Topliss-reactive ketones (excluding diaryl/α,β-unsaturated/α-hetero) is 1. The lowest BCUT2D eigenvalue weighted by atomic mass is 10.2. The van der Waals surface area contributed by atoms with Gasteiger partial charge in [-0.25, -0.2) is 9.38 Å². The van der Waals surface area contributed by atoms with E-state index in [2.05, 4.69) is 16.8 Å². The van der Waals surface area contributed by atoms with E-state index in [-0.39, 0.29) is 35.3 Å². The number of hydrogen-bond donors (Lipinski definition) is 1. The van der Waals surface area contributed by atoms with Crippen LogP contribution in [0.1, 0.15) is 35.7 Å². The molecule has 0 spiro atoms. The SMILES string of the molecule is CCCN(CCN(C)C(=O)C/C(=N\c1scc(C(=O)C(=O)N(C)C)c1N)OC)Cc1ccc(F)cc1. The van der Waals surface area contributed by atoms with Crippen LogP contribution in [0.15, 0.2) is 34.6 Å². The molecule has 0 aliphatic rings. The number of carbonyl (C=O) groups excluding carboxylic acids is 3. The number of likely N-dealkylation sites (N-methyl/N-ethyl adjacent to an activating group) is 2. The topological polar surface area (TPSA) is 109 Å². The number of nitrogens with two attached hydrogens (primary N) is 1. The summed E-state index contributed by atoms with van der Waals surface area (Å²) in [6, 6.07) is 6.42. The molecule has 36 heavy (non-hydrogen) atoms. The number of halogens is 1. The van der Waals surface area contributed by atoms with Crippen LogP contribution in [0.5, 0.6) is 0 Å². The maximum atomic E-state index is 13.2. The number of ketones is 1. The molecule has 0 saturated carbocycles. The van der Waals surface area contributed by atoms with E-state index in [0.717, 1.165) is 29.9 Å². The van der Waals surface area contributed by atoms with Crippen molar-refractivity contribution in [2.75, 3.05) is 53.6 Å². The minimum absolute atomic E-state index is 0.0755. The minimum Gasteiger partial charge on any atom is -0.484 e. The van der Waals surface area contributed by atoms with Crippen LogP contribution in [0.2, 0.25) is 0 Å². The third-order valence-corrected chi connectivity index (χ3v) is 6.34. The molecule has 1 heterocycles. The predicted molar refractivity (Wildman–Crippen MR) is 140 cm³/mol. The van der Waals surface area contributed by atoms with Gasteiger partial charge in [-0.2, -0.15) is 0 Å². The highest BCUT2D eigenvalue weighted by Gasteiger charge is 2.24. The number of amides is 2. The Bertz CT molecular complexity index is 1080. The third-order valence-electron chi connectivity index (χ3n) is 5.46. The number of anilines is 1. The normalized spacial score (nSPS) is 11.5. The van der Waals surface area contributed by atoms with Gasteiger partial charge in [0.25, 0.3) is 11.7 Å². The number of hydrogen-bond acceptors (Lipinski definition) is 8. The van der Waals surface area contributed by atoms with Gasteiger partial charge in [-0.3, -0.25) is 19.3 Å². The van der Waals surface area contributed by atoms with Crippen molar-refractivity contribution in [3.05, 3.63) is 46.6 Å². The van der Waals surface area contributed by atoms with Crippen molar-refractivity contribution in [2.24, 2.45) is 4.99 Å². The molecule has 0 saturated heterocycles. The molecule has 1 aromatic heterocycles. The fourth-order valence-electron chi connectivity index (χ4n) is 3.32. The lowest BCUT2D eigenvalue weighted by molar-refractivity contribution is -0.129. The summed E-state index contributed by atoms with van der Waals surface area (Å²) in [5.41, 5.74) is 7.21. The van der Waals surface area contributed by atoms with Gasteiger partial charge in [-0.15, -0.1) is 11.3 Å². The van der Waals surface area contributed by atoms with Crippen LogP contribution in [-0.4, -0.2) is 86.1 Å². The molecule has 2 amide bonds. The first kappa shape index (κ1) is 28.9. The second-order valence-electron chi connectivity index (χ2n) is 8.50. The van der Waals surface area contributed by atoms with Crippen LogP contribution in [0, 0.1) is 5.82 Å². The fraction of sp³-hybridized carbons (Fsp3) is 0.440. The molecule has 0 aliphatic heterocycles. The summed E-state index contributed by atoms with van der Waals surface area (Å²) in [4.78, 5) is 46.4. The highest BCUT2D eigenvalue weighted by Crippen LogP contribution is 2.34. The Kier molecular flexibility index (Phi) is 11.0. The Morgan fingerprint density at radius 2 is 1.75 bits per heavy atom. The summed E-state index contributed by atoms with van der Waals surface area (Å²) in [5.74, 6) is -1.72. The van der Waals surface area contributed by atoms with E-state index in [1.807, 2.05) is 0 Å². The first-order valence-corrected chi connectivity index (χ1v) is 12.4. The van der Waals surface area contributed by atoms with Gasteiger partial charge in [0.2, 0.25) is 5.91 Å². The maximum absolute atomic E-state index is 13.2. The standard InChI is InChI=1S/C25H34FN5O4S/c1-6-11-31(15-17-7-9-18(26)10-8-17)13-12-30(4)21(32)14-20(35-5)28-24-22(27)19(16-36-24)23(33)25(34)29(2)3/h7-10,16H,6,11-15,27H2,1-5H3/b28-20+. The van der Waals surface area contributed by atoms with Crippen molar-refractivity contribution in [3.63, 3.8) is 0 Å². The van der Waals surface area contributed by atoms with Gasteiger partial charge in [0.15, 0.2) is 5.90 Å². The smallest absolute Gasteiger partial charge is 0.294 e. The zero-order valence-corrected chi connectivity index (χ0v) is 22.2. The lowest BCUT2D eigenvalue weighted by Gasteiger charge is -2.25. The quantitative estimate of drug-likeness (QED) is 0.200. The second kappa shape index (κ2) is 13.7. The van der Waals surface area contributed by atoms with Crippen molar-refractivity contribution < 1.29 is 23.5 Å². The number of carbonyl (C=O) groups is 3. The molecule has 196 valence electrons. The maximum Gasteiger partial charge on any atom is 0.294 e. The van der Waals surface area contributed by atoms with Crippen molar-refractivity contribution in [1.82, 2.24) is 14.7 Å². The van der Waals surface area contributed by atoms with Gasteiger partial charge in [0, 0.05) is 46.2 Å². The van der Waals surface area contributed by atoms with Gasteiger partial charge in [0.1, 0.15) is 17.2 Å². The third kappa shape index (κ3) is 8.13. The van der Waals surface area contributed by atoms with Crippen LogP contribution in [0.25, 0.3) is 0 Å². The number of rotatable bonds is 12. The van der Waals surface area contributed by atoms with Crippen LogP contribution in [0.4, 0.5) is 15.1 Å². The highest BCUT2D eigenvalue weighted by molar-refractivity contribution is 7.15. The largest absolute Gasteiger partial charge is 0.484 e. The summed E-state index contributed by atoms with van der Waals surface area (Å²) < 4.78 is 18.5. The number of nitrogen functional groups attached to an aromatic ring is 1. The van der Waals surface area contributed by atoms with E-state index in [9.17, 15) is 18.8 Å². The number of benzene rings is 1. The van der Waals surface area contributed by atoms with Gasteiger partial charge >= 0.3 is 0 Å². The molecule has 2 N–H and O–H groups in total. The number of nitrogens with zero attached hydrogens (tertiary/aromatic N) is 4. The Labute approximate surface area is 215 Å². The predicted octanol–water partition coefficient (Wildman–Crippen LogP) is 3.18. The van der Waals surface area contributed by atoms with E-state index in [0.29, 0.717) is 24.6 Å². The molecule has 0 bridgehead atoms. The molecule has 0 fully saturated rings. The molecule has 0 aliphatic carbocycles. The average molecular weight is 520 g/mol. The number of aliphatic imine (C=N–C) groups is 1. The summed E-state index contributed by atoms with van der Waals surface area (Å²) >= 11 is 1.10. The van der Waals surface area contributed by atoms with Crippen LogP contribution < -0.4 is 5.73 Å². The molecule has 0 unspecified atom stereocenters. The summed E-state index contributed by atoms with van der Waals surface area (Å²) in [6.45, 7) is 4.73. The first-order chi connectivity index (χ1) is 17.1. The van der Waals surface area contributed by atoms with Crippen LogP contribution in [0.3, 0.4) is 0 Å². The van der Waals surface area contributed by atoms with Crippen LogP contribution >= 0.6 is 11.3 Å². The zero-order chi connectivity index (χ0) is 26.8. The van der Waals surface area contributed by atoms with Crippen molar-refractivity contribution >= 4 is 45.5 Å². The Morgan fingerprint density at radius 3 is 2.33 bits per heavy atom. The number of thiophene rings is 1. The lowest BCUT2D eigenvalue weighted by Crippen LogP contribution is -2.37. The molecule has 2 rings (SSSR count). The van der Waals surface area contributed by atoms with E-state index < -0.39 is 11.7 Å². The average Bonchev–Trinajstić information content (AvgIpc) is 3.21. The molecular weight excluding hydrogens is 485 g/mol. The number of methoxy groups -OCH3 is 1. The van der Waals surface area contributed by atoms with Crippen molar-refractivity contribution in [2.45, 2.75) is 26.3 Å². The monoisotopic (exact) mass is 519 g/mol. The summed E-state index contributed by atoms with van der Waals surface area (Å²) in [7, 11) is 6.08. The van der Waals surface area contributed by atoms with Gasteiger partial charge in [-0.05, 0) is 30.7 Å². The zero-order valence-electron chi connectivity index (χ0n) is 21.4. The first-order valence-electron chi connectivity index (χ1n) is 11.5. The Hall–Kier alpha value is -3.31. The minimum atomic E-state index is -0.720. The van der Waals surface area contributed by atoms with E-state index in [1.54, 1.807) is 24.1 Å². The molecule has 0 atom stereocenters. The molecule has 1 aromatic carbocycles. The molecule has 9 nitrogen and oxygen atoms in total. The Balaban J connectivity index is 2.01. The van der Waals surface area contributed by atoms with Gasteiger partial charge < -0.3 is 20.3 Å². The molecular formula is C25H34FN5O4S. The highest BCUT2D eigenvalue weighted by atomic mass is 32.1. The van der Waals surface area contributed by atoms with Crippen molar-refractivity contribution in [3.8, 4) is 0 Å². The van der Waals surface area contributed by atoms with Crippen molar-refractivity contribution in [1.29, 1.82) is 0 Å². The van der Waals surface area contributed by atoms with Crippen LogP contribution in [-0.2, 0) is 20.9 Å². The second-order valence-corrected chi connectivity index (χ2v) is 9.36. The summed E-state index contributed by atoms with van der Waals surface area (Å²) in [6.07, 6.45) is 0.863. The number of ether oxygens (including phenoxy) is 1. The van der Waals surface area contributed by atoms with E-state index in [4.69, 9.17) is 10.5 Å². The van der Waals surface area contributed by atoms with E-state index >= 15 is 0 Å². The molecule has 2 aromatic rings. The summed E-state index contributed by atoms with van der Waals surface area (Å²) in [5, 5.41) is 1.77. The molecule has 11 heteroatoms. The van der Waals surface area contributed by atoms with Gasteiger partial charge in [-0.1, -0.05) is 19.1 Å². The Morgan fingerprint density at radius 1 is 1.08 bits per heavy atom. The fourth-order valence-corrected chi connectivity index (χ4v) is 4.18.